The van der Waals surface area contributed by atoms with Gasteiger partial charge in [-0.15, -0.1) is 5.10 Å². The Balaban J connectivity index is 1.79. The summed E-state index contributed by atoms with van der Waals surface area (Å²) in [5, 5.41) is 6.79. The van der Waals surface area contributed by atoms with E-state index in [0.29, 0.717) is 24.3 Å². The summed E-state index contributed by atoms with van der Waals surface area (Å²) in [5.41, 5.74) is -1.40. The van der Waals surface area contributed by atoms with E-state index in [4.69, 9.17) is 9.15 Å². The van der Waals surface area contributed by atoms with Crippen molar-refractivity contribution in [3.8, 4) is 0 Å². The van der Waals surface area contributed by atoms with Gasteiger partial charge in [0.1, 0.15) is 5.76 Å². The van der Waals surface area contributed by atoms with Crippen LogP contribution < -0.4 is 0 Å². The molecule has 0 radical (unpaired) electrons. The average Bonchev–Trinajstić information content (AvgIpc) is 3.11. The number of aromatic nitrogens is 4. The molecule has 2 aromatic rings. The summed E-state index contributed by atoms with van der Waals surface area (Å²) in [6, 6.07) is -0.363. The molecule has 0 atom stereocenters. The molecule has 0 amide bonds. The molecule has 7 nitrogen and oxygen atoms in total. The van der Waals surface area contributed by atoms with Crippen LogP contribution >= 0.6 is 0 Å². The van der Waals surface area contributed by atoms with Crippen molar-refractivity contribution in [2.75, 3.05) is 0 Å². The minimum atomic E-state index is -4.74. The van der Waals surface area contributed by atoms with Gasteiger partial charge in [0.05, 0.1) is 11.7 Å². The first-order chi connectivity index (χ1) is 10.8. The zero-order valence-corrected chi connectivity index (χ0v) is 12.3. The Labute approximate surface area is 128 Å². The van der Waals surface area contributed by atoms with Gasteiger partial charge in [-0.2, -0.15) is 13.2 Å². The third-order valence-corrected chi connectivity index (χ3v) is 3.45. The van der Waals surface area contributed by atoms with Crippen LogP contribution in [0.15, 0.2) is 4.42 Å². The molecule has 1 fully saturated rings. The highest BCUT2D eigenvalue weighted by Gasteiger charge is 2.45. The maximum Gasteiger partial charge on any atom is 0.435 e. The predicted molar refractivity (Wildman–Crippen MR) is 68.4 cm³/mol. The molecule has 0 saturated heterocycles. The molecule has 0 aliphatic heterocycles. The topological polar surface area (TPSA) is 83.0 Å². The van der Waals surface area contributed by atoms with Crippen LogP contribution in [0.2, 0.25) is 0 Å². The smallest absolute Gasteiger partial charge is 0.435 e. The summed E-state index contributed by atoms with van der Waals surface area (Å²) < 4.78 is 50.3. The molecule has 1 saturated carbocycles. The number of aryl methyl sites for hydroxylation is 2. The van der Waals surface area contributed by atoms with Crippen molar-refractivity contribution < 1.29 is 27.1 Å². The second kappa shape index (κ2) is 5.36. The van der Waals surface area contributed by atoms with Crippen molar-refractivity contribution in [1.82, 2.24) is 20.0 Å². The van der Waals surface area contributed by atoms with Crippen LogP contribution in [0, 0.1) is 13.8 Å². The largest absolute Gasteiger partial charge is 0.451 e. The Bertz CT molecular complexity index is 727. The van der Waals surface area contributed by atoms with Crippen molar-refractivity contribution in [3.05, 3.63) is 28.7 Å². The Hall–Kier alpha value is -2.39. The van der Waals surface area contributed by atoms with E-state index in [0.717, 1.165) is 4.68 Å². The number of alkyl halides is 3. The molecule has 1 aliphatic carbocycles. The molecule has 2 heterocycles. The molecule has 1 aliphatic rings. The molecule has 124 valence electrons. The van der Waals surface area contributed by atoms with Crippen molar-refractivity contribution in [2.24, 2.45) is 0 Å². The first-order valence-corrected chi connectivity index (χ1v) is 6.89. The lowest BCUT2D eigenvalue weighted by molar-refractivity contribution is -0.144. The minimum Gasteiger partial charge on any atom is -0.451 e. The van der Waals surface area contributed by atoms with E-state index in [1.165, 1.54) is 0 Å². The maximum absolute atomic E-state index is 13.2. The van der Waals surface area contributed by atoms with Gasteiger partial charge in [0, 0.05) is 0 Å². The van der Waals surface area contributed by atoms with Crippen LogP contribution in [0.4, 0.5) is 13.2 Å². The Morgan fingerprint density at radius 1 is 1.39 bits per heavy atom. The molecule has 23 heavy (non-hydrogen) atoms. The highest BCUT2D eigenvalue weighted by Crippen LogP contribution is 2.40. The van der Waals surface area contributed by atoms with Crippen molar-refractivity contribution in [2.45, 2.75) is 45.5 Å². The lowest BCUT2D eigenvalue weighted by Gasteiger charge is -2.09. The maximum atomic E-state index is 13.2. The number of ether oxygens (including phenoxy) is 1. The van der Waals surface area contributed by atoms with Crippen LogP contribution in [-0.4, -0.2) is 25.9 Å². The van der Waals surface area contributed by atoms with Gasteiger partial charge in [0.15, 0.2) is 12.3 Å². The number of nitrogens with zero attached hydrogens (tertiary/aromatic N) is 4. The van der Waals surface area contributed by atoms with Gasteiger partial charge in [-0.05, 0) is 26.7 Å². The fraction of sp³-hybridized carbons (Fsp3) is 0.538. The number of oxazole rings is 1. The molecule has 0 bridgehead atoms. The number of carbonyl (C=O) groups excluding carboxylic acids is 1. The van der Waals surface area contributed by atoms with Gasteiger partial charge in [-0.1, -0.05) is 5.21 Å². The zero-order chi connectivity index (χ0) is 16.8. The van der Waals surface area contributed by atoms with Gasteiger partial charge in [0.2, 0.25) is 11.6 Å². The molecule has 0 N–H and O–H groups in total. The van der Waals surface area contributed by atoms with E-state index in [-0.39, 0.29) is 18.5 Å². The summed E-state index contributed by atoms with van der Waals surface area (Å²) in [6.45, 7) is 3.00. The van der Waals surface area contributed by atoms with E-state index in [1.807, 2.05) is 0 Å². The number of rotatable bonds is 4. The Kier molecular flexibility index (Phi) is 3.61. The van der Waals surface area contributed by atoms with Crippen LogP contribution in [0.3, 0.4) is 0 Å². The number of esters is 1. The van der Waals surface area contributed by atoms with Gasteiger partial charge in [-0.3, -0.25) is 0 Å². The molecule has 0 aromatic carbocycles. The normalized spacial score (nSPS) is 15.0. The van der Waals surface area contributed by atoms with Gasteiger partial charge < -0.3 is 9.15 Å². The summed E-state index contributed by atoms with van der Waals surface area (Å²) >= 11 is 0. The fourth-order valence-electron chi connectivity index (χ4n) is 2.07. The summed E-state index contributed by atoms with van der Waals surface area (Å²) in [4.78, 5) is 15.9. The Morgan fingerprint density at radius 3 is 2.61 bits per heavy atom. The lowest BCUT2D eigenvalue weighted by atomic mass is 10.3. The SMILES string of the molecule is Cc1nc(COC(=O)c2nnn(C3CC3)c2C(F)(F)F)oc1C. The highest BCUT2D eigenvalue weighted by molar-refractivity contribution is 5.88. The van der Waals surface area contributed by atoms with E-state index in [2.05, 4.69) is 15.3 Å². The van der Waals surface area contributed by atoms with E-state index < -0.39 is 23.5 Å². The number of hydrogen-bond acceptors (Lipinski definition) is 6. The standard InChI is InChI=1S/C13H13F3N4O3/c1-6-7(2)23-9(17-6)5-22-12(21)10-11(13(14,15)16)20(19-18-10)8-3-4-8/h8H,3-5H2,1-2H3. The first kappa shape index (κ1) is 15.5. The summed E-state index contributed by atoms with van der Waals surface area (Å²) in [5.74, 6) is -0.555. The van der Waals surface area contributed by atoms with Gasteiger partial charge in [-0.25, -0.2) is 14.5 Å². The fourth-order valence-corrected chi connectivity index (χ4v) is 2.07. The van der Waals surface area contributed by atoms with Crippen LogP contribution in [0.1, 0.15) is 52.4 Å². The van der Waals surface area contributed by atoms with E-state index in [1.54, 1.807) is 13.8 Å². The lowest BCUT2D eigenvalue weighted by Crippen LogP contribution is -2.19. The van der Waals surface area contributed by atoms with Crippen molar-refractivity contribution >= 4 is 5.97 Å². The van der Waals surface area contributed by atoms with Crippen molar-refractivity contribution in [3.63, 3.8) is 0 Å². The third-order valence-electron chi connectivity index (χ3n) is 3.45. The third kappa shape index (κ3) is 3.06. The predicted octanol–water partition coefficient (Wildman–Crippen LogP) is 2.59. The number of hydrogen-bond donors (Lipinski definition) is 0. The number of halogens is 3. The summed E-state index contributed by atoms with van der Waals surface area (Å²) in [7, 11) is 0. The molecule has 0 unspecified atom stereocenters. The quantitative estimate of drug-likeness (QED) is 0.801. The molecule has 10 heteroatoms. The van der Waals surface area contributed by atoms with Crippen molar-refractivity contribution in [1.29, 1.82) is 0 Å². The second-order valence-electron chi connectivity index (χ2n) is 5.29. The van der Waals surface area contributed by atoms with Crippen LogP contribution in [-0.2, 0) is 17.5 Å². The molecule has 2 aromatic heterocycles. The average molecular weight is 330 g/mol. The molecule has 3 rings (SSSR count). The van der Waals surface area contributed by atoms with E-state index >= 15 is 0 Å². The van der Waals surface area contributed by atoms with Gasteiger partial charge >= 0.3 is 12.1 Å². The van der Waals surface area contributed by atoms with Crippen LogP contribution in [0.5, 0.6) is 0 Å². The first-order valence-electron chi connectivity index (χ1n) is 6.89. The Morgan fingerprint density at radius 2 is 2.09 bits per heavy atom. The number of carbonyl (C=O) groups is 1. The minimum absolute atomic E-state index is 0.108. The van der Waals surface area contributed by atoms with E-state index in [9.17, 15) is 18.0 Å². The molecular weight excluding hydrogens is 317 g/mol. The van der Waals surface area contributed by atoms with Crippen LogP contribution in [0.25, 0.3) is 0 Å². The molecular formula is C13H13F3N4O3. The second-order valence-corrected chi connectivity index (χ2v) is 5.29. The highest BCUT2D eigenvalue weighted by atomic mass is 19.4. The summed E-state index contributed by atoms with van der Waals surface area (Å²) in [6.07, 6.45) is -3.58. The monoisotopic (exact) mass is 330 g/mol. The zero-order valence-electron chi connectivity index (χ0n) is 12.3. The van der Waals surface area contributed by atoms with Gasteiger partial charge in [0.25, 0.3) is 0 Å². The molecule has 0 spiro atoms.